The van der Waals surface area contributed by atoms with Crippen LogP contribution in [0.3, 0.4) is 0 Å². The average molecular weight is 294 g/mol. The minimum Gasteiger partial charge on any atom is -0.274 e. The Morgan fingerprint density at radius 3 is 2.50 bits per heavy atom. The Morgan fingerprint density at radius 1 is 1.09 bits per heavy atom. The van der Waals surface area contributed by atoms with E-state index in [0.717, 1.165) is 11.3 Å². The van der Waals surface area contributed by atoms with Crippen molar-refractivity contribution in [3.63, 3.8) is 0 Å². The summed E-state index contributed by atoms with van der Waals surface area (Å²) in [6, 6.07) is 15.2. The molecule has 2 heterocycles. The Kier molecular flexibility index (Phi) is 3.75. The van der Waals surface area contributed by atoms with Gasteiger partial charge in [0.15, 0.2) is 0 Å². The number of anilines is 1. The van der Waals surface area contributed by atoms with Gasteiger partial charge in [-0.25, -0.2) is 9.88 Å². The highest BCUT2D eigenvalue weighted by Crippen LogP contribution is 2.35. The average Bonchev–Trinajstić information content (AvgIpc) is 2.82. The highest BCUT2D eigenvalue weighted by molar-refractivity contribution is 6.20. The Bertz CT molecular complexity index is 712. The van der Waals surface area contributed by atoms with E-state index < -0.39 is 0 Å². The number of aryl methyl sites for hydroxylation is 1. The van der Waals surface area contributed by atoms with Crippen molar-refractivity contribution in [2.75, 3.05) is 4.90 Å². The lowest BCUT2D eigenvalue weighted by atomic mass is 9.86. The summed E-state index contributed by atoms with van der Waals surface area (Å²) < 4.78 is 0. The van der Waals surface area contributed by atoms with Gasteiger partial charge in [0, 0.05) is 12.1 Å². The third kappa shape index (κ3) is 2.52. The van der Waals surface area contributed by atoms with Crippen molar-refractivity contribution in [1.82, 2.24) is 4.98 Å². The fraction of sp³-hybridized carbons (Fsp3) is 0.278. The zero-order valence-corrected chi connectivity index (χ0v) is 12.7. The molecule has 1 aromatic carbocycles. The Balaban J connectivity index is 1.89. The molecule has 0 bridgehead atoms. The van der Waals surface area contributed by atoms with Crippen molar-refractivity contribution < 1.29 is 9.59 Å². The largest absolute Gasteiger partial charge is 0.274 e. The number of carbonyl (C=O) groups excluding carboxylic acids is 2. The van der Waals surface area contributed by atoms with Gasteiger partial charge in [-0.3, -0.25) is 9.59 Å². The first-order valence-corrected chi connectivity index (χ1v) is 7.43. The predicted molar refractivity (Wildman–Crippen MR) is 84.4 cm³/mol. The first-order valence-electron chi connectivity index (χ1n) is 7.43. The second kappa shape index (κ2) is 5.72. The van der Waals surface area contributed by atoms with Gasteiger partial charge in [-0.2, -0.15) is 0 Å². The van der Waals surface area contributed by atoms with Crippen molar-refractivity contribution in [3.8, 4) is 0 Å². The van der Waals surface area contributed by atoms with E-state index in [9.17, 15) is 9.59 Å². The Labute approximate surface area is 129 Å². The van der Waals surface area contributed by atoms with Gasteiger partial charge in [0.05, 0.1) is 5.92 Å². The van der Waals surface area contributed by atoms with Crippen LogP contribution >= 0.6 is 0 Å². The van der Waals surface area contributed by atoms with Gasteiger partial charge in [-0.05, 0) is 30.5 Å². The predicted octanol–water partition coefficient (Wildman–Crippen LogP) is 3.07. The molecule has 2 atom stereocenters. The molecular weight excluding hydrogens is 276 g/mol. The fourth-order valence-corrected chi connectivity index (χ4v) is 2.93. The summed E-state index contributed by atoms with van der Waals surface area (Å²) in [4.78, 5) is 30.6. The van der Waals surface area contributed by atoms with Gasteiger partial charge < -0.3 is 0 Å². The van der Waals surface area contributed by atoms with Gasteiger partial charge in [-0.15, -0.1) is 0 Å². The molecule has 1 saturated heterocycles. The molecule has 2 amide bonds. The highest BCUT2D eigenvalue weighted by Gasteiger charge is 2.43. The highest BCUT2D eigenvalue weighted by atomic mass is 16.2. The number of amides is 2. The second-order valence-corrected chi connectivity index (χ2v) is 5.71. The first kappa shape index (κ1) is 14.4. The molecule has 4 heteroatoms. The molecule has 0 radical (unpaired) electrons. The second-order valence-electron chi connectivity index (χ2n) is 5.71. The number of pyridine rings is 1. The first-order chi connectivity index (χ1) is 10.6. The van der Waals surface area contributed by atoms with Crippen molar-refractivity contribution >= 4 is 17.6 Å². The Hall–Kier alpha value is -2.49. The zero-order chi connectivity index (χ0) is 15.7. The van der Waals surface area contributed by atoms with Crippen molar-refractivity contribution in [3.05, 3.63) is 59.8 Å². The molecule has 0 unspecified atom stereocenters. The van der Waals surface area contributed by atoms with Gasteiger partial charge in [0.2, 0.25) is 11.8 Å². The van der Waals surface area contributed by atoms with Crippen LogP contribution in [0.5, 0.6) is 0 Å². The number of benzene rings is 1. The number of aromatic nitrogens is 1. The lowest BCUT2D eigenvalue weighted by molar-refractivity contribution is -0.122. The number of rotatable bonds is 3. The molecule has 0 spiro atoms. The molecule has 1 aliphatic rings. The summed E-state index contributed by atoms with van der Waals surface area (Å²) in [5, 5.41) is 0. The fourth-order valence-electron chi connectivity index (χ4n) is 2.93. The molecule has 112 valence electrons. The molecule has 1 aliphatic heterocycles. The van der Waals surface area contributed by atoms with E-state index >= 15 is 0 Å². The van der Waals surface area contributed by atoms with E-state index in [2.05, 4.69) is 4.98 Å². The monoisotopic (exact) mass is 294 g/mol. The van der Waals surface area contributed by atoms with Crippen LogP contribution in [-0.4, -0.2) is 16.8 Å². The van der Waals surface area contributed by atoms with Gasteiger partial charge in [0.25, 0.3) is 0 Å². The summed E-state index contributed by atoms with van der Waals surface area (Å²) in [6.07, 6.45) is 0.241. The smallest absolute Gasteiger partial charge is 0.239 e. The van der Waals surface area contributed by atoms with Crippen LogP contribution in [0.2, 0.25) is 0 Å². The standard InChI is InChI=1S/C18H18N2O2/c1-12-7-6-10-16(19-12)20-17(21)11-15(18(20)22)13(2)14-8-4-3-5-9-14/h3-10,13,15H,11H2,1-2H3/t13-,15+/m1/s1. The molecule has 1 aromatic heterocycles. The summed E-state index contributed by atoms with van der Waals surface area (Å²) in [7, 11) is 0. The molecule has 22 heavy (non-hydrogen) atoms. The number of hydrogen-bond acceptors (Lipinski definition) is 3. The van der Waals surface area contributed by atoms with Crippen LogP contribution in [0.15, 0.2) is 48.5 Å². The lowest BCUT2D eigenvalue weighted by Crippen LogP contribution is -2.32. The third-order valence-corrected chi connectivity index (χ3v) is 4.21. The van der Waals surface area contributed by atoms with E-state index in [0.29, 0.717) is 5.82 Å². The van der Waals surface area contributed by atoms with Crippen LogP contribution in [0.1, 0.15) is 30.5 Å². The quantitative estimate of drug-likeness (QED) is 0.817. The van der Waals surface area contributed by atoms with E-state index in [1.54, 1.807) is 6.07 Å². The maximum absolute atomic E-state index is 12.7. The van der Waals surface area contributed by atoms with E-state index in [-0.39, 0.29) is 30.1 Å². The van der Waals surface area contributed by atoms with Gasteiger partial charge in [-0.1, -0.05) is 43.3 Å². The van der Waals surface area contributed by atoms with E-state index in [1.807, 2.05) is 56.3 Å². The molecule has 0 saturated carbocycles. The molecule has 0 aliphatic carbocycles. The minimum atomic E-state index is -0.322. The van der Waals surface area contributed by atoms with Crippen molar-refractivity contribution in [1.29, 1.82) is 0 Å². The maximum Gasteiger partial charge on any atom is 0.239 e. The summed E-state index contributed by atoms with van der Waals surface area (Å²) in [5.41, 5.74) is 1.87. The maximum atomic E-state index is 12.7. The molecule has 4 nitrogen and oxygen atoms in total. The third-order valence-electron chi connectivity index (χ3n) is 4.21. The molecule has 2 aromatic rings. The normalized spacial score (nSPS) is 19.5. The SMILES string of the molecule is Cc1cccc(N2C(=O)C[C@@H]([C@H](C)c3ccccc3)C2=O)n1. The molecular formula is C18H18N2O2. The van der Waals surface area contributed by atoms with Gasteiger partial charge >= 0.3 is 0 Å². The van der Waals surface area contributed by atoms with E-state index in [4.69, 9.17) is 0 Å². The number of nitrogens with zero attached hydrogens (tertiary/aromatic N) is 2. The molecule has 1 fully saturated rings. The number of hydrogen-bond donors (Lipinski definition) is 0. The summed E-state index contributed by atoms with van der Waals surface area (Å²) in [5.74, 6) is -0.210. The van der Waals surface area contributed by atoms with Crippen LogP contribution in [-0.2, 0) is 9.59 Å². The minimum absolute atomic E-state index is 0.00691. The van der Waals surface area contributed by atoms with Crippen molar-refractivity contribution in [2.24, 2.45) is 5.92 Å². The molecule has 0 N–H and O–H groups in total. The van der Waals surface area contributed by atoms with Crippen LogP contribution in [0, 0.1) is 12.8 Å². The topological polar surface area (TPSA) is 50.3 Å². The lowest BCUT2D eigenvalue weighted by Gasteiger charge is -2.19. The van der Waals surface area contributed by atoms with E-state index in [1.165, 1.54) is 4.90 Å². The Morgan fingerprint density at radius 2 is 1.82 bits per heavy atom. The number of imide groups is 1. The number of carbonyl (C=O) groups is 2. The summed E-state index contributed by atoms with van der Waals surface area (Å²) >= 11 is 0. The van der Waals surface area contributed by atoms with Crippen molar-refractivity contribution in [2.45, 2.75) is 26.2 Å². The van der Waals surface area contributed by atoms with Crippen LogP contribution in [0.25, 0.3) is 0 Å². The summed E-state index contributed by atoms with van der Waals surface area (Å²) in [6.45, 7) is 3.84. The molecule has 3 rings (SSSR count). The van der Waals surface area contributed by atoms with Gasteiger partial charge in [0.1, 0.15) is 5.82 Å². The van der Waals surface area contributed by atoms with Crippen LogP contribution < -0.4 is 4.90 Å². The zero-order valence-electron chi connectivity index (χ0n) is 12.7. The van der Waals surface area contributed by atoms with Crippen LogP contribution in [0.4, 0.5) is 5.82 Å².